The van der Waals surface area contributed by atoms with Crippen LogP contribution in [0.1, 0.15) is 17.0 Å². The average molecular weight is 311 g/mol. The lowest BCUT2D eigenvalue weighted by atomic mass is 9.98. The standard InChI is InChI=1S/C16H16F3NO2/c17-16(18,19)13-5-3-4-11(8-13)12(9-20)10-22-15-7-2-1-6-14(15)21/h1-8,12,21H,9-10,20H2. The van der Waals surface area contributed by atoms with Crippen molar-refractivity contribution >= 4 is 0 Å². The Balaban J connectivity index is 2.14. The van der Waals surface area contributed by atoms with Crippen LogP contribution < -0.4 is 10.5 Å². The molecule has 6 heteroatoms. The number of nitrogens with two attached hydrogens (primary N) is 1. The zero-order valence-electron chi connectivity index (χ0n) is 11.7. The molecule has 0 fully saturated rings. The summed E-state index contributed by atoms with van der Waals surface area (Å²) in [5.74, 6) is -0.155. The van der Waals surface area contributed by atoms with Crippen LogP contribution in [0.3, 0.4) is 0 Å². The van der Waals surface area contributed by atoms with E-state index in [1.54, 1.807) is 24.3 Å². The lowest BCUT2D eigenvalue weighted by Crippen LogP contribution is -2.20. The third-order valence-corrected chi connectivity index (χ3v) is 3.28. The molecule has 0 amide bonds. The number of phenolic OH excluding ortho intramolecular Hbond substituents is 1. The highest BCUT2D eigenvalue weighted by Gasteiger charge is 2.30. The molecular formula is C16H16F3NO2. The molecule has 2 aromatic rings. The fourth-order valence-electron chi connectivity index (χ4n) is 2.04. The van der Waals surface area contributed by atoms with Crippen LogP contribution in [0.2, 0.25) is 0 Å². The van der Waals surface area contributed by atoms with Gasteiger partial charge in [0.25, 0.3) is 0 Å². The smallest absolute Gasteiger partial charge is 0.416 e. The summed E-state index contributed by atoms with van der Waals surface area (Å²) in [5.41, 5.74) is 5.38. The highest BCUT2D eigenvalue weighted by atomic mass is 19.4. The van der Waals surface area contributed by atoms with E-state index in [1.165, 1.54) is 12.1 Å². The largest absolute Gasteiger partial charge is 0.504 e. The van der Waals surface area contributed by atoms with Gasteiger partial charge in [-0.15, -0.1) is 0 Å². The summed E-state index contributed by atoms with van der Waals surface area (Å²) in [4.78, 5) is 0. The van der Waals surface area contributed by atoms with Crippen LogP contribution in [-0.4, -0.2) is 18.3 Å². The molecule has 0 aliphatic heterocycles. The Morgan fingerprint density at radius 3 is 2.45 bits per heavy atom. The van der Waals surface area contributed by atoms with Crippen molar-refractivity contribution in [2.45, 2.75) is 12.1 Å². The van der Waals surface area contributed by atoms with Crippen molar-refractivity contribution in [2.24, 2.45) is 5.73 Å². The molecule has 118 valence electrons. The van der Waals surface area contributed by atoms with Crippen LogP contribution in [0, 0.1) is 0 Å². The maximum Gasteiger partial charge on any atom is 0.416 e. The monoisotopic (exact) mass is 311 g/mol. The van der Waals surface area contributed by atoms with E-state index in [-0.39, 0.29) is 24.7 Å². The van der Waals surface area contributed by atoms with E-state index in [0.717, 1.165) is 12.1 Å². The number of alkyl halides is 3. The Bertz CT molecular complexity index is 629. The molecule has 1 atom stereocenters. The summed E-state index contributed by atoms with van der Waals surface area (Å²) >= 11 is 0. The van der Waals surface area contributed by atoms with E-state index in [0.29, 0.717) is 5.56 Å². The van der Waals surface area contributed by atoms with Crippen molar-refractivity contribution in [3.63, 3.8) is 0 Å². The molecule has 2 aromatic carbocycles. The summed E-state index contributed by atoms with van der Waals surface area (Å²) in [6.45, 7) is 0.213. The summed E-state index contributed by atoms with van der Waals surface area (Å²) < 4.78 is 43.7. The predicted molar refractivity (Wildman–Crippen MR) is 76.8 cm³/mol. The number of rotatable bonds is 5. The second kappa shape index (κ2) is 6.70. The van der Waals surface area contributed by atoms with Gasteiger partial charge in [0.2, 0.25) is 0 Å². The second-order valence-corrected chi connectivity index (χ2v) is 4.83. The maximum atomic E-state index is 12.7. The molecule has 2 rings (SSSR count). The van der Waals surface area contributed by atoms with Gasteiger partial charge >= 0.3 is 6.18 Å². The molecule has 0 spiro atoms. The first kappa shape index (κ1) is 16.2. The molecule has 0 radical (unpaired) electrons. The van der Waals surface area contributed by atoms with Crippen LogP contribution in [0.15, 0.2) is 48.5 Å². The molecule has 3 N–H and O–H groups in total. The van der Waals surface area contributed by atoms with Crippen molar-refractivity contribution in [3.05, 3.63) is 59.7 Å². The van der Waals surface area contributed by atoms with Crippen LogP contribution in [0.5, 0.6) is 11.5 Å². The molecule has 0 saturated carbocycles. The van der Waals surface area contributed by atoms with Crippen LogP contribution in [0.25, 0.3) is 0 Å². The molecule has 0 bridgehead atoms. The number of para-hydroxylation sites is 2. The second-order valence-electron chi connectivity index (χ2n) is 4.83. The van der Waals surface area contributed by atoms with Crippen LogP contribution in [-0.2, 0) is 6.18 Å². The van der Waals surface area contributed by atoms with Crippen molar-refractivity contribution in [2.75, 3.05) is 13.2 Å². The van der Waals surface area contributed by atoms with E-state index in [2.05, 4.69) is 0 Å². The molecule has 0 aromatic heterocycles. The Hall–Kier alpha value is -2.21. The minimum Gasteiger partial charge on any atom is -0.504 e. The molecule has 22 heavy (non-hydrogen) atoms. The first-order valence-corrected chi connectivity index (χ1v) is 6.70. The van der Waals surface area contributed by atoms with E-state index in [4.69, 9.17) is 10.5 Å². The third-order valence-electron chi connectivity index (χ3n) is 3.28. The number of phenols is 1. The predicted octanol–water partition coefficient (Wildman–Crippen LogP) is 3.53. The lowest BCUT2D eigenvalue weighted by molar-refractivity contribution is -0.137. The lowest BCUT2D eigenvalue weighted by Gasteiger charge is -2.18. The van der Waals surface area contributed by atoms with Crippen molar-refractivity contribution in [3.8, 4) is 11.5 Å². The topological polar surface area (TPSA) is 55.5 Å². The number of halogens is 3. The molecule has 1 unspecified atom stereocenters. The summed E-state index contributed by atoms with van der Waals surface area (Å²) in [7, 11) is 0. The van der Waals surface area contributed by atoms with Crippen molar-refractivity contribution in [1.29, 1.82) is 0 Å². The number of benzene rings is 2. The van der Waals surface area contributed by atoms with Crippen molar-refractivity contribution < 1.29 is 23.0 Å². The molecular weight excluding hydrogens is 295 g/mol. The Morgan fingerprint density at radius 1 is 1.09 bits per heavy atom. The van der Waals surface area contributed by atoms with E-state index >= 15 is 0 Å². The minimum absolute atomic E-state index is 0.0256. The van der Waals surface area contributed by atoms with Gasteiger partial charge in [0.05, 0.1) is 12.2 Å². The van der Waals surface area contributed by atoms with E-state index < -0.39 is 17.7 Å². The molecule has 0 heterocycles. The van der Waals surface area contributed by atoms with Gasteiger partial charge in [0, 0.05) is 12.5 Å². The third kappa shape index (κ3) is 3.92. The van der Waals surface area contributed by atoms with Crippen molar-refractivity contribution in [1.82, 2.24) is 0 Å². The van der Waals surface area contributed by atoms with Gasteiger partial charge < -0.3 is 15.6 Å². The number of aromatic hydroxyl groups is 1. The highest BCUT2D eigenvalue weighted by Crippen LogP contribution is 2.31. The molecule has 0 aliphatic rings. The zero-order chi connectivity index (χ0) is 16.2. The summed E-state index contributed by atoms with van der Waals surface area (Å²) in [6.07, 6.45) is -4.40. The highest BCUT2D eigenvalue weighted by molar-refractivity contribution is 5.38. The average Bonchev–Trinajstić information content (AvgIpc) is 2.49. The van der Waals surface area contributed by atoms with Gasteiger partial charge in [-0.3, -0.25) is 0 Å². The van der Waals surface area contributed by atoms with Crippen LogP contribution in [0.4, 0.5) is 13.2 Å². The first-order valence-electron chi connectivity index (χ1n) is 6.70. The summed E-state index contributed by atoms with van der Waals surface area (Å²) in [6, 6.07) is 11.4. The van der Waals surface area contributed by atoms with Crippen LogP contribution >= 0.6 is 0 Å². The number of hydrogen-bond donors (Lipinski definition) is 2. The maximum absolute atomic E-state index is 12.7. The Kier molecular flexibility index (Phi) is 4.92. The number of ether oxygens (including phenoxy) is 1. The van der Waals surface area contributed by atoms with E-state index in [1.807, 2.05) is 0 Å². The van der Waals surface area contributed by atoms with Gasteiger partial charge in [-0.2, -0.15) is 13.2 Å². The SMILES string of the molecule is NCC(COc1ccccc1O)c1cccc(C(F)(F)F)c1. The van der Waals surface area contributed by atoms with Gasteiger partial charge in [-0.25, -0.2) is 0 Å². The Morgan fingerprint density at radius 2 is 1.82 bits per heavy atom. The molecule has 0 aliphatic carbocycles. The quantitative estimate of drug-likeness (QED) is 0.888. The zero-order valence-corrected chi connectivity index (χ0v) is 11.7. The summed E-state index contributed by atoms with van der Waals surface area (Å²) in [5, 5.41) is 9.61. The normalized spacial score (nSPS) is 12.9. The fraction of sp³-hybridized carbons (Fsp3) is 0.250. The van der Waals surface area contributed by atoms with Gasteiger partial charge in [-0.1, -0.05) is 30.3 Å². The minimum atomic E-state index is -4.40. The molecule has 0 saturated heterocycles. The first-order chi connectivity index (χ1) is 10.4. The Labute approximate surface area is 126 Å². The van der Waals surface area contributed by atoms with Gasteiger partial charge in [0.1, 0.15) is 0 Å². The van der Waals surface area contributed by atoms with E-state index in [9.17, 15) is 18.3 Å². The molecule has 3 nitrogen and oxygen atoms in total. The fourth-order valence-corrected chi connectivity index (χ4v) is 2.04. The van der Waals surface area contributed by atoms with Gasteiger partial charge in [0.15, 0.2) is 11.5 Å². The van der Waals surface area contributed by atoms with Gasteiger partial charge in [-0.05, 0) is 23.8 Å². The number of hydrogen-bond acceptors (Lipinski definition) is 3.